The number of nitrogens with one attached hydrogen (secondary N) is 2. The molecule has 2 heterocycles. The molecule has 1 saturated heterocycles. The molecule has 1 aliphatic heterocycles. The van der Waals surface area contributed by atoms with Gasteiger partial charge in [-0.2, -0.15) is 0 Å². The maximum atomic E-state index is 12.5. The fraction of sp³-hybridized carbons (Fsp3) is 0.368. The molecular formula is C19H20ClN3O2. The van der Waals surface area contributed by atoms with Gasteiger partial charge in [0, 0.05) is 24.0 Å². The molecule has 1 unspecified atom stereocenters. The number of ether oxygens (including phenoxy) is 1. The van der Waals surface area contributed by atoms with Crippen LogP contribution < -0.4 is 15.4 Å². The van der Waals surface area contributed by atoms with Gasteiger partial charge in [-0.1, -0.05) is 11.6 Å². The highest BCUT2D eigenvalue weighted by atomic mass is 35.5. The van der Waals surface area contributed by atoms with Crippen LogP contribution in [0, 0.1) is 11.3 Å². The standard InChI is InChI=1S/C19H20ClN3O2/c20-16-11-13(1-2-17(16)25-14-3-7-21-8-4-14)23-18(24)15-12-19(15)5-9-22-10-6-19/h1-4,7-8,11,15,22H,5-6,9-10,12H2,(H,23,24). The first kappa shape index (κ1) is 16.4. The summed E-state index contributed by atoms with van der Waals surface area (Å²) in [5.74, 6) is 1.44. The molecule has 1 saturated carbocycles. The summed E-state index contributed by atoms with van der Waals surface area (Å²) in [6, 6.07) is 8.84. The van der Waals surface area contributed by atoms with Crippen LogP contribution in [0.3, 0.4) is 0 Å². The minimum Gasteiger partial charge on any atom is -0.456 e. The SMILES string of the molecule is O=C(Nc1ccc(Oc2ccncc2)c(Cl)c1)C1CC12CCNCC2. The summed E-state index contributed by atoms with van der Waals surface area (Å²) in [6.45, 7) is 2.02. The van der Waals surface area contributed by atoms with Crippen molar-refractivity contribution in [3.63, 3.8) is 0 Å². The molecule has 1 aliphatic carbocycles. The zero-order valence-electron chi connectivity index (χ0n) is 13.8. The van der Waals surface area contributed by atoms with E-state index >= 15 is 0 Å². The van der Waals surface area contributed by atoms with Gasteiger partial charge >= 0.3 is 0 Å². The van der Waals surface area contributed by atoms with E-state index in [4.69, 9.17) is 16.3 Å². The van der Waals surface area contributed by atoms with E-state index in [9.17, 15) is 4.79 Å². The number of aromatic nitrogens is 1. The summed E-state index contributed by atoms with van der Waals surface area (Å²) in [4.78, 5) is 16.5. The quantitative estimate of drug-likeness (QED) is 0.872. The summed E-state index contributed by atoms with van der Waals surface area (Å²) in [6.07, 6.45) is 6.49. The number of rotatable bonds is 4. The minimum absolute atomic E-state index is 0.0979. The Hall–Kier alpha value is -2.11. The second kappa shape index (κ2) is 6.65. The molecule has 2 N–H and O–H groups in total. The van der Waals surface area contributed by atoms with Crippen molar-refractivity contribution in [3.05, 3.63) is 47.7 Å². The van der Waals surface area contributed by atoms with Crippen molar-refractivity contribution in [2.75, 3.05) is 18.4 Å². The van der Waals surface area contributed by atoms with Gasteiger partial charge in [0.1, 0.15) is 11.5 Å². The van der Waals surface area contributed by atoms with Crippen LogP contribution in [-0.4, -0.2) is 24.0 Å². The van der Waals surface area contributed by atoms with Crippen LogP contribution in [0.2, 0.25) is 5.02 Å². The van der Waals surface area contributed by atoms with Crippen LogP contribution in [-0.2, 0) is 4.79 Å². The number of amides is 1. The summed E-state index contributed by atoms with van der Waals surface area (Å²) in [5.41, 5.74) is 0.928. The zero-order valence-corrected chi connectivity index (χ0v) is 14.6. The fourth-order valence-electron chi connectivity index (χ4n) is 3.62. The lowest BCUT2D eigenvalue weighted by Gasteiger charge is -2.23. The molecule has 6 heteroatoms. The van der Waals surface area contributed by atoms with Gasteiger partial charge in [-0.3, -0.25) is 9.78 Å². The van der Waals surface area contributed by atoms with Gasteiger partial charge in [0.2, 0.25) is 5.91 Å². The molecule has 2 fully saturated rings. The number of hydrogen-bond donors (Lipinski definition) is 2. The van der Waals surface area contributed by atoms with Crippen molar-refractivity contribution in [1.29, 1.82) is 0 Å². The van der Waals surface area contributed by atoms with Crippen molar-refractivity contribution in [3.8, 4) is 11.5 Å². The lowest BCUT2D eigenvalue weighted by molar-refractivity contribution is -0.118. The number of piperidine rings is 1. The molecule has 2 aliphatic rings. The Kier molecular flexibility index (Phi) is 4.36. The summed E-state index contributed by atoms with van der Waals surface area (Å²) in [5, 5.41) is 6.81. The van der Waals surface area contributed by atoms with Crippen LogP contribution >= 0.6 is 11.6 Å². The highest BCUT2D eigenvalue weighted by Gasteiger charge is 2.57. The fourth-order valence-corrected chi connectivity index (χ4v) is 3.84. The molecular weight excluding hydrogens is 338 g/mol. The lowest BCUT2D eigenvalue weighted by Crippen LogP contribution is -2.31. The van der Waals surface area contributed by atoms with E-state index in [1.807, 2.05) is 6.07 Å². The maximum absolute atomic E-state index is 12.5. The Balaban J connectivity index is 1.40. The van der Waals surface area contributed by atoms with Gasteiger partial charge in [0.05, 0.1) is 5.02 Å². The highest BCUT2D eigenvalue weighted by molar-refractivity contribution is 6.32. The van der Waals surface area contributed by atoms with Gasteiger partial charge in [-0.15, -0.1) is 0 Å². The Morgan fingerprint density at radius 2 is 2.00 bits per heavy atom. The summed E-state index contributed by atoms with van der Waals surface area (Å²) >= 11 is 6.30. The molecule has 5 nitrogen and oxygen atoms in total. The maximum Gasteiger partial charge on any atom is 0.228 e. The average Bonchev–Trinajstić information content (AvgIpc) is 3.32. The molecule has 4 rings (SSSR count). The van der Waals surface area contributed by atoms with Crippen molar-refractivity contribution in [2.24, 2.45) is 11.3 Å². The van der Waals surface area contributed by atoms with E-state index in [0.717, 1.165) is 32.4 Å². The van der Waals surface area contributed by atoms with Gasteiger partial charge in [-0.05, 0) is 68.1 Å². The molecule has 0 radical (unpaired) electrons. The van der Waals surface area contributed by atoms with Crippen molar-refractivity contribution in [1.82, 2.24) is 10.3 Å². The number of nitrogens with zero attached hydrogens (tertiary/aromatic N) is 1. The molecule has 1 amide bonds. The Labute approximate surface area is 151 Å². The largest absolute Gasteiger partial charge is 0.456 e. The van der Waals surface area contributed by atoms with E-state index < -0.39 is 0 Å². The number of benzene rings is 1. The number of pyridine rings is 1. The molecule has 2 aromatic rings. The topological polar surface area (TPSA) is 63.2 Å². The van der Waals surface area contributed by atoms with E-state index in [1.165, 1.54) is 0 Å². The molecule has 130 valence electrons. The Morgan fingerprint density at radius 3 is 2.72 bits per heavy atom. The molecule has 1 aromatic heterocycles. The van der Waals surface area contributed by atoms with Gasteiger partial charge in [0.25, 0.3) is 0 Å². The number of halogens is 1. The molecule has 0 bridgehead atoms. The van der Waals surface area contributed by atoms with Crippen LogP contribution in [0.4, 0.5) is 5.69 Å². The first-order valence-electron chi connectivity index (χ1n) is 8.55. The second-order valence-electron chi connectivity index (χ2n) is 6.79. The molecule has 25 heavy (non-hydrogen) atoms. The third-order valence-corrected chi connectivity index (χ3v) is 5.48. The smallest absolute Gasteiger partial charge is 0.228 e. The van der Waals surface area contributed by atoms with Gasteiger partial charge < -0.3 is 15.4 Å². The van der Waals surface area contributed by atoms with E-state index in [0.29, 0.717) is 22.2 Å². The monoisotopic (exact) mass is 357 g/mol. The highest BCUT2D eigenvalue weighted by Crippen LogP contribution is 2.58. The summed E-state index contributed by atoms with van der Waals surface area (Å²) in [7, 11) is 0. The van der Waals surface area contributed by atoms with Gasteiger partial charge in [0.15, 0.2) is 0 Å². The summed E-state index contributed by atoms with van der Waals surface area (Å²) < 4.78 is 5.73. The third kappa shape index (κ3) is 3.48. The first-order valence-corrected chi connectivity index (χ1v) is 8.93. The Morgan fingerprint density at radius 1 is 1.24 bits per heavy atom. The van der Waals surface area contributed by atoms with Crippen molar-refractivity contribution in [2.45, 2.75) is 19.3 Å². The van der Waals surface area contributed by atoms with E-state index in [2.05, 4.69) is 15.6 Å². The molecule has 1 spiro atoms. The van der Waals surface area contributed by atoms with Crippen LogP contribution in [0.15, 0.2) is 42.7 Å². The molecule has 1 aromatic carbocycles. The third-order valence-electron chi connectivity index (χ3n) is 5.18. The second-order valence-corrected chi connectivity index (χ2v) is 7.20. The predicted molar refractivity (Wildman–Crippen MR) is 97.0 cm³/mol. The normalized spacial score (nSPS) is 20.9. The van der Waals surface area contributed by atoms with Crippen LogP contribution in [0.25, 0.3) is 0 Å². The van der Waals surface area contributed by atoms with E-state index in [-0.39, 0.29) is 17.2 Å². The number of carbonyl (C=O) groups excluding carboxylic acids is 1. The van der Waals surface area contributed by atoms with Crippen molar-refractivity contribution >= 4 is 23.2 Å². The first-order chi connectivity index (χ1) is 12.2. The number of anilines is 1. The van der Waals surface area contributed by atoms with Crippen molar-refractivity contribution < 1.29 is 9.53 Å². The van der Waals surface area contributed by atoms with Gasteiger partial charge in [-0.25, -0.2) is 0 Å². The minimum atomic E-state index is 0.0979. The predicted octanol–water partition coefficient (Wildman–Crippen LogP) is 3.86. The molecule has 1 atom stereocenters. The number of carbonyl (C=O) groups is 1. The Bertz CT molecular complexity index is 775. The number of hydrogen-bond acceptors (Lipinski definition) is 4. The van der Waals surface area contributed by atoms with Crippen LogP contribution in [0.1, 0.15) is 19.3 Å². The average molecular weight is 358 g/mol. The van der Waals surface area contributed by atoms with E-state index in [1.54, 1.807) is 36.7 Å². The van der Waals surface area contributed by atoms with Crippen LogP contribution in [0.5, 0.6) is 11.5 Å². The lowest BCUT2D eigenvalue weighted by atomic mass is 9.92. The zero-order chi connectivity index (χ0) is 17.3.